The normalized spacial score (nSPS) is 10.5. The number of benzene rings is 2. The maximum atomic E-state index is 11.4. The van der Waals surface area contributed by atoms with Crippen LogP contribution in [0.5, 0.6) is 5.75 Å². The molecule has 2 rings (SSSR count). The summed E-state index contributed by atoms with van der Waals surface area (Å²) in [7, 11) is 0. The zero-order valence-electron chi connectivity index (χ0n) is 12.0. The number of carbonyl (C=O) groups is 1. The minimum Gasteiger partial charge on any atom is -0.489 e. The Balaban J connectivity index is 1.95. The number of anilines is 1. The van der Waals surface area contributed by atoms with Crippen LogP contribution >= 0.6 is 11.6 Å². The van der Waals surface area contributed by atoms with E-state index in [9.17, 15) is 4.79 Å². The summed E-state index contributed by atoms with van der Waals surface area (Å²) in [5, 5.41) is 6.59. The van der Waals surface area contributed by atoms with Crippen LogP contribution in [0.1, 0.15) is 12.5 Å². The van der Waals surface area contributed by atoms with Crippen molar-refractivity contribution in [3.05, 3.63) is 59.1 Å². The summed E-state index contributed by atoms with van der Waals surface area (Å²) in [5.41, 5.74) is 1.50. The SMILES string of the molecule is CC=NOC(=O)Nc1cccc(COc2cccc(Cl)c2)c1. The smallest absolute Gasteiger partial charge is 0.437 e. The molecule has 0 aliphatic rings. The first kappa shape index (κ1) is 15.9. The van der Waals surface area contributed by atoms with Crippen molar-refractivity contribution in [3.63, 3.8) is 0 Å². The van der Waals surface area contributed by atoms with E-state index in [0.29, 0.717) is 23.1 Å². The Morgan fingerprint density at radius 2 is 2.09 bits per heavy atom. The van der Waals surface area contributed by atoms with Crippen molar-refractivity contribution in [2.24, 2.45) is 5.16 Å². The van der Waals surface area contributed by atoms with Crippen molar-refractivity contribution >= 4 is 29.6 Å². The molecule has 22 heavy (non-hydrogen) atoms. The number of hydrogen-bond acceptors (Lipinski definition) is 4. The average Bonchev–Trinajstić information content (AvgIpc) is 2.51. The lowest BCUT2D eigenvalue weighted by atomic mass is 10.2. The van der Waals surface area contributed by atoms with Gasteiger partial charge in [0, 0.05) is 16.9 Å². The Morgan fingerprint density at radius 3 is 2.86 bits per heavy atom. The van der Waals surface area contributed by atoms with Crippen LogP contribution in [-0.4, -0.2) is 12.3 Å². The van der Waals surface area contributed by atoms with Gasteiger partial charge < -0.3 is 4.74 Å². The molecule has 1 amide bonds. The molecule has 0 bridgehead atoms. The number of hydrogen-bond donors (Lipinski definition) is 1. The van der Waals surface area contributed by atoms with Gasteiger partial charge in [0.2, 0.25) is 0 Å². The molecule has 6 heteroatoms. The van der Waals surface area contributed by atoms with Crippen molar-refractivity contribution in [3.8, 4) is 5.75 Å². The molecular formula is C16H15ClN2O3. The van der Waals surface area contributed by atoms with E-state index in [1.165, 1.54) is 6.21 Å². The van der Waals surface area contributed by atoms with Crippen LogP contribution in [-0.2, 0) is 11.4 Å². The number of ether oxygens (including phenoxy) is 1. The third-order valence-corrected chi connectivity index (χ3v) is 2.85. The van der Waals surface area contributed by atoms with E-state index in [0.717, 1.165) is 5.56 Å². The Morgan fingerprint density at radius 1 is 1.27 bits per heavy atom. The second-order valence-corrected chi connectivity index (χ2v) is 4.75. The molecule has 0 saturated heterocycles. The summed E-state index contributed by atoms with van der Waals surface area (Å²) in [6.07, 6.45) is 0.737. The molecule has 0 aromatic heterocycles. The lowest BCUT2D eigenvalue weighted by Crippen LogP contribution is -2.11. The first-order valence-corrected chi connectivity index (χ1v) is 6.98. The molecule has 2 aromatic rings. The number of nitrogens with one attached hydrogen (secondary N) is 1. The molecule has 0 atom stereocenters. The third kappa shape index (κ3) is 5.10. The molecule has 0 unspecified atom stereocenters. The molecular weight excluding hydrogens is 304 g/mol. The van der Waals surface area contributed by atoms with Gasteiger partial charge in [-0.25, -0.2) is 4.79 Å². The second-order valence-electron chi connectivity index (χ2n) is 4.31. The van der Waals surface area contributed by atoms with Gasteiger partial charge in [-0.1, -0.05) is 35.0 Å². The highest BCUT2D eigenvalue weighted by Gasteiger charge is 2.04. The standard InChI is InChI=1S/C16H15ClN2O3/c1-2-18-22-16(20)19-14-7-3-5-12(9-14)11-21-15-8-4-6-13(17)10-15/h2-10H,11H2,1H3,(H,19,20). The molecule has 0 aliphatic carbocycles. The highest BCUT2D eigenvalue weighted by Crippen LogP contribution is 2.19. The van der Waals surface area contributed by atoms with Gasteiger partial charge in [-0.3, -0.25) is 10.2 Å². The van der Waals surface area contributed by atoms with Crippen LogP contribution in [0.3, 0.4) is 0 Å². The molecule has 0 heterocycles. The van der Waals surface area contributed by atoms with Crippen molar-refractivity contribution < 1.29 is 14.4 Å². The van der Waals surface area contributed by atoms with Crippen LogP contribution < -0.4 is 10.1 Å². The fourth-order valence-electron chi connectivity index (χ4n) is 1.70. The highest BCUT2D eigenvalue weighted by atomic mass is 35.5. The molecule has 1 N–H and O–H groups in total. The Kier molecular flexibility index (Phi) is 5.80. The largest absolute Gasteiger partial charge is 0.489 e. The fourth-order valence-corrected chi connectivity index (χ4v) is 1.88. The summed E-state index contributed by atoms with van der Waals surface area (Å²) < 4.78 is 5.65. The summed E-state index contributed by atoms with van der Waals surface area (Å²) >= 11 is 5.90. The Labute approximate surface area is 133 Å². The van der Waals surface area contributed by atoms with Crippen LogP contribution in [0.2, 0.25) is 5.02 Å². The first-order valence-electron chi connectivity index (χ1n) is 6.60. The predicted octanol–water partition coefficient (Wildman–Crippen LogP) is 4.47. The zero-order chi connectivity index (χ0) is 15.8. The Hall–Kier alpha value is -2.53. The van der Waals surface area contributed by atoms with E-state index in [-0.39, 0.29) is 0 Å². The molecule has 2 aromatic carbocycles. The number of amides is 1. The van der Waals surface area contributed by atoms with Crippen molar-refractivity contribution in [1.29, 1.82) is 0 Å². The quantitative estimate of drug-likeness (QED) is 0.502. The molecule has 5 nitrogen and oxygen atoms in total. The van der Waals surface area contributed by atoms with Crippen molar-refractivity contribution in [2.75, 3.05) is 5.32 Å². The summed E-state index contributed by atoms with van der Waals surface area (Å²) in [6.45, 7) is 2.01. The van der Waals surface area contributed by atoms with E-state index < -0.39 is 6.09 Å². The van der Waals surface area contributed by atoms with E-state index in [2.05, 4.69) is 15.3 Å². The minimum atomic E-state index is -0.647. The summed E-state index contributed by atoms with van der Waals surface area (Å²) in [5.74, 6) is 0.683. The average molecular weight is 319 g/mol. The minimum absolute atomic E-state index is 0.359. The number of carbonyl (C=O) groups excluding carboxylic acids is 1. The van der Waals surface area contributed by atoms with Crippen molar-refractivity contribution in [2.45, 2.75) is 13.5 Å². The van der Waals surface area contributed by atoms with Gasteiger partial charge in [0.15, 0.2) is 0 Å². The zero-order valence-corrected chi connectivity index (χ0v) is 12.7. The van der Waals surface area contributed by atoms with Gasteiger partial charge in [-0.05, 0) is 42.8 Å². The van der Waals surface area contributed by atoms with Gasteiger partial charge in [0.05, 0.1) is 0 Å². The van der Waals surface area contributed by atoms with Crippen molar-refractivity contribution in [1.82, 2.24) is 0 Å². The van der Waals surface area contributed by atoms with E-state index in [1.807, 2.05) is 24.3 Å². The van der Waals surface area contributed by atoms with Crippen LogP contribution in [0.25, 0.3) is 0 Å². The molecule has 114 valence electrons. The van der Waals surface area contributed by atoms with E-state index in [1.54, 1.807) is 31.2 Å². The van der Waals surface area contributed by atoms with Gasteiger partial charge in [0.25, 0.3) is 0 Å². The topological polar surface area (TPSA) is 59.9 Å². The van der Waals surface area contributed by atoms with Gasteiger partial charge in [-0.2, -0.15) is 0 Å². The number of halogens is 1. The number of nitrogens with zero attached hydrogens (tertiary/aromatic N) is 1. The summed E-state index contributed by atoms with van der Waals surface area (Å²) in [6, 6.07) is 14.4. The Bertz CT molecular complexity index is 674. The van der Waals surface area contributed by atoms with E-state index in [4.69, 9.17) is 16.3 Å². The number of rotatable bonds is 5. The summed E-state index contributed by atoms with van der Waals surface area (Å²) in [4.78, 5) is 16.0. The maximum absolute atomic E-state index is 11.4. The molecule has 0 radical (unpaired) electrons. The molecule has 0 fully saturated rings. The second kappa shape index (κ2) is 8.05. The number of oxime groups is 1. The van der Waals surface area contributed by atoms with Crippen LogP contribution in [0.15, 0.2) is 53.7 Å². The van der Waals surface area contributed by atoms with Gasteiger partial charge in [-0.15, -0.1) is 0 Å². The fraction of sp³-hybridized carbons (Fsp3) is 0.125. The maximum Gasteiger partial charge on any atom is 0.437 e. The monoisotopic (exact) mass is 318 g/mol. The lowest BCUT2D eigenvalue weighted by Gasteiger charge is -2.08. The van der Waals surface area contributed by atoms with Crippen LogP contribution in [0.4, 0.5) is 10.5 Å². The highest BCUT2D eigenvalue weighted by molar-refractivity contribution is 6.30. The molecule has 0 saturated carbocycles. The molecule has 0 aliphatic heterocycles. The van der Waals surface area contributed by atoms with Gasteiger partial charge >= 0.3 is 6.09 Å². The molecule has 0 spiro atoms. The first-order chi connectivity index (χ1) is 10.7. The lowest BCUT2D eigenvalue weighted by molar-refractivity contribution is 0.167. The van der Waals surface area contributed by atoms with E-state index >= 15 is 0 Å². The van der Waals surface area contributed by atoms with Gasteiger partial charge in [0.1, 0.15) is 12.4 Å². The predicted molar refractivity (Wildman–Crippen MR) is 86.5 cm³/mol. The van der Waals surface area contributed by atoms with Crippen LogP contribution in [0, 0.1) is 0 Å². The third-order valence-electron chi connectivity index (χ3n) is 2.62.